The van der Waals surface area contributed by atoms with Gasteiger partial charge in [0.25, 0.3) is 0 Å². The van der Waals surface area contributed by atoms with Gasteiger partial charge < -0.3 is 15.0 Å². The van der Waals surface area contributed by atoms with Crippen LogP contribution in [-0.4, -0.2) is 35.4 Å². The monoisotopic (exact) mass is 424 g/mol. The van der Waals surface area contributed by atoms with Crippen molar-refractivity contribution in [1.29, 1.82) is 0 Å². The highest BCUT2D eigenvalue weighted by Gasteiger charge is 2.28. The molecule has 1 N–H and O–H groups in total. The van der Waals surface area contributed by atoms with Gasteiger partial charge in [-0.05, 0) is 63.8 Å². The van der Waals surface area contributed by atoms with Crippen molar-refractivity contribution in [2.24, 2.45) is 0 Å². The Labute approximate surface area is 186 Å². The number of nitrogens with one attached hydrogen (secondary N) is 1. The molecule has 0 aliphatic rings. The molecule has 2 amide bonds. The maximum absolute atomic E-state index is 13.2. The van der Waals surface area contributed by atoms with E-state index in [-0.39, 0.29) is 17.9 Å². The summed E-state index contributed by atoms with van der Waals surface area (Å²) in [5, 5.41) is 2.97. The predicted octanol–water partition coefficient (Wildman–Crippen LogP) is 4.79. The summed E-state index contributed by atoms with van der Waals surface area (Å²) in [6.45, 7) is 10.8. The highest BCUT2D eigenvalue weighted by molar-refractivity contribution is 5.87. The second kappa shape index (κ2) is 12.1. The summed E-state index contributed by atoms with van der Waals surface area (Å²) >= 11 is 0. The average molecular weight is 425 g/mol. The van der Waals surface area contributed by atoms with Crippen molar-refractivity contribution in [3.8, 4) is 5.75 Å². The van der Waals surface area contributed by atoms with E-state index in [4.69, 9.17) is 4.74 Å². The average Bonchev–Trinajstić information content (AvgIpc) is 2.73. The van der Waals surface area contributed by atoms with E-state index in [9.17, 15) is 9.59 Å². The SMILES string of the molecule is CC[C@H](C(=O)NC(C)C)N(Cc1ccccc1C)C(=O)CCCOc1ccc(C)cc1. The van der Waals surface area contributed by atoms with Crippen LogP contribution in [0.3, 0.4) is 0 Å². The molecule has 31 heavy (non-hydrogen) atoms. The minimum Gasteiger partial charge on any atom is -0.494 e. The Morgan fingerprint density at radius 2 is 1.71 bits per heavy atom. The van der Waals surface area contributed by atoms with E-state index in [2.05, 4.69) is 5.32 Å². The van der Waals surface area contributed by atoms with E-state index in [1.807, 2.05) is 83.1 Å². The lowest BCUT2D eigenvalue weighted by atomic mass is 10.0. The van der Waals surface area contributed by atoms with Crippen LogP contribution in [0.2, 0.25) is 0 Å². The van der Waals surface area contributed by atoms with E-state index in [0.29, 0.717) is 32.4 Å². The normalized spacial score (nSPS) is 11.8. The zero-order valence-electron chi connectivity index (χ0n) is 19.5. The van der Waals surface area contributed by atoms with Gasteiger partial charge in [-0.2, -0.15) is 0 Å². The molecule has 168 valence electrons. The van der Waals surface area contributed by atoms with Gasteiger partial charge in [-0.1, -0.05) is 48.9 Å². The van der Waals surface area contributed by atoms with E-state index in [1.165, 1.54) is 5.56 Å². The van der Waals surface area contributed by atoms with E-state index in [1.54, 1.807) is 4.90 Å². The third kappa shape index (κ3) is 7.74. The number of benzene rings is 2. The number of rotatable bonds is 11. The van der Waals surface area contributed by atoms with Crippen LogP contribution in [-0.2, 0) is 16.1 Å². The molecular weight excluding hydrogens is 388 g/mol. The maximum atomic E-state index is 13.2. The molecule has 1 atom stereocenters. The first kappa shape index (κ1) is 24.4. The Hall–Kier alpha value is -2.82. The zero-order chi connectivity index (χ0) is 22.8. The van der Waals surface area contributed by atoms with Crippen molar-refractivity contribution in [2.75, 3.05) is 6.61 Å². The zero-order valence-corrected chi connectivity index (χ0v) is 19.5. The topological polar surface area (TPSA) is 58.6 Å². The molecule has 2 aromatic rings. The number of amides is 2. The van der Waals surface area contributed by atoms with Crippen molar-refractivity contribution in [3.05, 3.63) is 65.2 Å². The number of nitrogens with zero attached hydrogens (tertiary/aromatic N) is 1. The van der Waals surface area contributed by atoms with Crippen molar-refractivity contribution in [1.82, 2.24) is 10.2 Å². The number of carbonyl (C=O) groups is 2. The van der Waals surface area contributed by atoms with Crippen LogP contribution in [0.5, 0.6) is 5.75 Å². The van der Waals surface area contributed by atoms with Gasteiger partial charge in [0.2, 0.25) is 11.8 Å². The molecule has 0 heterocycles. The largest absolute Gasteiger partial charge is 0.494 e. The highest BCUT2D eigenvalue weighted by atomic mass is 16.5. The second-order valence-corrected chi connectivity index (χ2v) is 8.30. The summed E-state index contributed by atoms with van der Waals surface area (Å²) in [7, 11) is 0. The molecule has 5 nitrogen and oxygen atoms in total. The fraction of sp³-hybridized carbons (Fsp3) is 0.462. The van der Waals surface area contributed by atoms with Gasteiger partial charge in [-0.25, -0.2) is 0 Å². The van der Waals surface area contributed by atoms with Gasteiger partial charge in [0, 0.05) is 19.0 Å². The number of hydrogen-bond acceptors (Lipinski definition) is 3. The van der Waals surface area contributed by atoms with E-state index >= 15 is 0 Å². The first-order valence-corrected chi connectivity index (χ1v) is 11.2. The molecule has 0 bridgehead atoms. The Balaban J connectivity index is 2.06. The molecule has 0 saturated heterocycles. The first-order valence-electron chi connectivity index (χ1n) is 11.2. The molecule has 5 heteroatoms. The van der Waals surface area contributed by atoms with Gasteiger partial charge in [-0.15, -0.1) is 0 Å². The fourth-order valence-corrected chi connectivity index (χ4v) is 3.46. The van der Waals surface area contributed by atoms with E-state index < -0.39 is 6.04 Å². The lowest BCUT2D eigenvalue weighted by Gasteiger charge is -2.31. The summed E-state index contributed by atoms with van der Waals surface area (Å²) in [5.74, 6) is 0.675. The quantitative estimate of drug-likeness (QED) is 0.528. The highest BCUT2D eigenvalue weighted by Crippen LogP contribution is 2.17. The lowest BCUT2D eigenvalue weighted by molar-refractivity contribution is -0.141. The number of aryl methyl sites for hydroxylation is 2. The molecule has 0 spiro atoms. The molecule has 0 saturated carbocycles. The molecule has 2 rings (SSSR count). The van der Waals surface area contributed by atoms with Crippen LogP contribution in [0.1, 0.15) is 56.7 Å². The van der Waals surface area contributed by atoms with Crippen LogP contribution in [0.15, 0.2) is 48.5 Å². The third-order valence-electron chi connectivity index (χ3n) is 5.24. The lowest BCUT2D eigenvalue weighted by Crippen LogP contribution is -2.50. The van der Waals surface area contributed by atoms with Crippen molar-refractivity contribution in [3.63, 3.8) is 0 Å². The van der Waals surface area contributed by atoms with Crippen LogP contribution >= 0.6 is 0 Å². The fourth-order valence-electron chi connectivity index (χ4n) is 3.46. The van der Waals surface area contributed by atoms with Crippen LogP contribution in [0.25, 0.3) is 0 Å². The molecule has 0 unspecified atom stereocenters. The van der Waals surface area contributed by atoms with Crippen molar-refractivity contribution < 1.29 is 14.3 Å². The molecule has 2 aromatic carbocycles. The third-order valence-corrected chi connectivity index (χ3v) is 5.24. The smallest absolute Gasteiger partial charge is 0.243 e. The maximum Gasteiger partial charge on any atom is 0.243 e. The molecule has 0 aliphatic heterocycles. The van der Waals surface area contributed by atoms with Crippen LogP contribution < -0.4 is 10.1 Å². The summed E-state index contributed by atoms with van der Waals surface area (Å²) in [6, 6.07) is 15.4. The Morgan fingerprint density at radius 3 is 2.32 bits per heavy atom. The molecule has 0 aliphatic carbocycles. The van der Waals surface area contributed by atoms with Gasteiger partial charge in [0.05, 0.1) is 6.61 Å². The summed E-state index contributed by atoms with van der Waals surface area (Å²) in [6.07, 6.45) is 1.50. The minimum atomic E-state index is -0.493. The minimum absolute atomic E-state index is 0.0264. The molecular formula is C26H36N2O3. The van der Waals surface area contributed by atoms with Crippen LogP contribution in [0.4, 0.5) is 0 Å². The Morgan fingerprint density at radius 1 is 1.03 bits per heavy atom. The first-order chi connectivity index (χ1) is 14.8. The van der Waals surface area contributed by atoms with Gasteiger partial charge in [-0.3, -0.25) is 9.59 Å². The van der Waals surface area contributed by atoms with Gasteiger partial charge in [0.1, 0.15) is 11.8 Å². The standard InChI is InChI=1S/C26H36N2O3/c1-6-24(26(30)27-19(2)3)28(18-22-11-8-7-10-21(22)5)25(29)12-9-17-31-23-15-13-20(4)14-16-23/h7-8,10-11,13-16,19,24H,6,9,12,17-18H2,1-5H3,(H,27,30)/t24-/m1/s1. The van der Waals surface area contributed by atoms with Crippen molar-refractivity contribution >= 4 is 11.8 Å². The summed E-state index contributed by atoms with van der Waals surface area (Å²) < 4.78 is 5.77. The molecule has 0 radical (unpaired) electrons. The summed E-state index contributed by atoms with van der Waals surface area (Å²) in [4.78, 5) is 27.7. The molecule has 0 fully saturated rings. The number of hydrogen-bond donors (Lipinski definition) is 1. The van der Waals surface area contributed by atoms with E-state index in [0.717, 1.165) is 16.9 Å². The Bertz CT molecular complexity index is 846. The number of carbonyl (C=O) groups excluding carboxylic acids is 2. The van der Waals surface area contributed by atoms with Crippen molar-refractivity contribution in [2.45, 2.75) is 72.5 Å². The predicted molar refractivity (Wildman–Crippen MR) is 125 cm³/mol. The van der Waals surface area contributed by atoms with Gasteiger partial charge >= 0.3 is 0 Å². The van der Waals surface area contributed by atoms with Gasteiger partial charge in [0.15, 0.2) is 0 Å². The van der Waals surface area contributed by atoms with Crippen LogP contribution in [0, 0.1) is 13.8 Å². The molecule has 0 aromatic heterocycles. The number of ether oxygens (including phenoxy) is 1. The second-order valence-electron chi connectivity index (χ2n) is 8.30. The summed E-state index contributed by atoms with van der Waals surface area (Å²) in [5.41, 5.74) is 3.35. The Kier molecular flexibility index (Phi) is 9.57.